The highest BCUT2D eigenvalue weighted by Crippen LogP contribution is 2.10. The Bertz CT molecular complexity index is 832. The van der Waals surface area contributed by atoms with Crippen LogP contribution in [-0.2, 0) is 16.1 Å². The van der Waals surface area contributed by atoms with E-state index >= 15 is 0 Å². The van der Waals surface area contributed by atoms with E-state index in [4.69, 9.17) is 4.84 Å². The first kappa shape index (κ1) is 24.1. The summed E-state index contributed by atoms with van der Waals surface area (Å²) >= 11 is 0. The molecule has 2 rings (SSSR count). The Morgan fingerprint density at radius 3 is 2.26 bits per heavy atom. The number of benzene rings is 2. The van der Waals surface area contributed by atoms with Gasteiger partial charge < -0.3 is 10.4 Å². The Kier molecular flexibility index (Phi) is 10.9. The SMILES string of the molecule is CCCCc1ccc(C(=O)O[NH+]=C(O)CCCCCCC(=O)Nc2ccccc2)cc1. The van der Waals surface area contributed by atoms with E-state index in [1.807, 2.05) is 42.5 Å². The molecule has 0 radical (unpaired) electrons. The molecule has 0 saturated carbocycles. The van der Waals surface area contributed by atoms with Crippen molar-refractivity contribution < 1.29 is 24.7 Å². The lowest BCUT2D eigenvalue weighted by Gasteiger charge is -2.04. The maximum atomic E-state index is 12.0. The molecule has 0 heterocycles. The number of hydrogen-bond acceptors (Lipinski definition) is 3. The molecule has 0 aliphatic rings. The van der Waals surface area contributed by atoms with Gasteiger partial charge in [-0.15, -0.1) is 0 Å². The van der Waals surface area contributed by atoms with Crippen LogP contribution in [0.5, 0.6) is 0 Å². The lowest BCUT2D eigenvalue weighted by Crippen LogP contribution is -2.73. The van der Waals surface area contributed by atoms with Gasteiger partial charge in [-0.25, -0.2) is 4.79 Å². The standard InChI is InChI=1S/C25H32N2O4/c1-2-3-11-20-16-18-21(19-17-20)25(30)31-27-24(29)15-10-5-4-9-14-23(28)26-22-12-7-6-8-13-22/h6-8,12-13,16-19H,2-5,9-11,14-15H2,1H3,(H,26,28)(H,27,29)/p+1. The number of amides is 1. The van der Waals surface area contributed by atoms with E-state index in [1.54, 1.807) is 12.1 Å². The Hall–Kier alpha value is -3.15. The smallest absolute Gasteiger partial charge is 0.410 e. The zero-order valence-corrected chi connectivity index (χ0v) is 18.2. The first-order chi connectivity index (χ1) is 15.1. The summed E-state index contributed by atoms with van der Waals surface area (Å²) in [5.74, 6) is -0.597. The molecule has 2 aromatic carbocycles. The summed E-state index contributed by atoms with van der Waals surface area (Å²) in [7, 11) is 0. The third kappa shape index (κ3) is 9.94. The van der Waals surface area contributed by atoms with Crippen molar-refractivity contribution >= 4 is 23.5 Å². The van der Waals surface area contributed by atoms with E-state index < -0.39 is 5.97 Å². The van der Waals surface area contributed by atoms with Crippen molar-refractivity contribution in [3.63, 3.8) is 0 Å². The van der Waals surface area contributed by atoms with Crippen LogP contribution in [0, 0.1) is 0 Å². The molecule has 0 fully saturated rings. The van der Waals surface area contributed by atoms with Crippen molar-refractivity contribution in [1.29, 1.82) is 0 Å². The van der Waals surface area contributed by atoms with Crippen molar-refractivity contribution in [2.45, 2.75) is 64.7 Å². The molecule has 166 valence electrons. The molecule has 0 saturated heterocycles. The van der Waals surface area contributed by atoms with Crippen LogP contribution in [0.4, 0.5) is 5.69 Å². The second-order valence-corrected chi connectivity index (χ2v) is 7.57. The Morgan fingerprint density at radius 1 is 0.903 bits per heavy atom. The van der Waals surface area contributed by atoms with Gasteiger partial charge in [0.25, 0.3) is 0 Å². The molecule has 6 nitrogen and oxygen atoms in total. The van der Waals surface area contributed by atoms with Crippen LogP contribution in [0.1, 0.15) is 74.2 Å². The molecule has 1 amide bonds. The number of nitrogens with one attached hydrogen (secondary N) is 2. The van der Waals surface area contributed by atoms with Gasteiger partial charge in [0.1, 0.15) is 0 Å². The summed E-state index contributed by atoms with van der Waals surface area (Å²) in [4.78, 5) is 28.9. The predicted octanol–water partition coefficient (Wildman–Crippen LogP) is 4.12. The van der Waals surface area contributed by atoms with Crippen molar-refractivity contribution in [3.05, 3.63) is 65.7 Å². The van der Waals surface area contributed by atoms with Crippen LogP contribution < -0.4 is 10.5 Å². The summed E-state index contributed by atoms with van der Waals surface area (Å²) in [5, 5.41) is 15.0. The van der Waals surface area contributed by atoms with Crippen LogP contribution in [0.3, 0.4) is 0 Å². The molecule has 2 aromatic rings. The van der Waals surface area contributed by atoms with Gasteiger partial charge in [-0.2, -0.15) is 4.84 Å². The topological polar surface area (TPSA) is 89.6 Å². The molecule has 6 heteroatoms. The number of aliphatic hydroxyl groups is 1. The van der Waals surface area contributed by atoms with Crippen LogP contribution in [0.15, 0.2) is 54.6 Å². The van der Waals surface area contributed by atoms with E-state index in [1.165, 1.54) is 5.56 Å². The van der Waals surface area contributed by atoms with Crippen molar-refractivity contribution in [2.24, 2.45) is 0 Å². The predicted molar refractivity (Wildman–Crippen MR) is 122 cm³/mol. The van der Waals surface area contributed by atoms with Crippen LogP contribution in [0.25, 0.3) is 0 Å². The van der Waals surface area contributed by atoms with E-state index in [0.29, 0.717) is 18.4 Å². The first-order valence-electron chi connectivity index (χ1n) is 11.0. The number of rotatable bonds is 13. The van der Waals surface area contributed by atoms with Crippen molar-refractivity contribution in [2.75, 3.05) is 5.32 Å². The fraction of sp³-hybridized carbons (Fsp3) is 0.400. The third-order valence-electron chi connectivity index (χ3n) is 4.90. The quantitative estimate of drug-likeness (QED) is 0.148. The summed E-state index contributed by atoms with van der Waals surface area (Å²) in [5.41, 5.74) is 2.44. The van der Waals surface area contributed by atoms with Gasteiger partial charge in [0.05, 0.1) is 12.0 Å². The van der Waals surface area contributed by atoms with E-state index in [9.17, 15) is 14.7 Å². The second-order valence-electron chi connectivity index (χ2n) is 7.57. The molecular formula is C25H33N2O4+. The number of hydrogen-bond donors (Lipinski definition) is 3. The minimum absolute atomic E-state index is 0.00702. The minimum atomic E-state index is -0.530. The van der Waals surface area contributed by atoms with Gasteiger partial charge in [0.15, 0.2) is 0 Å². The van der Waals surface area contributed by atoms with E-state index in [0.717, 1.165) is 50.6 Å². The highest BCUT2D eigenvalue weighted by atomic mass is 16.7. The molecule has 3 N–H and O–H groups in total. The maximum Gasteiger partial charge on any atom is 0.410 e. The van der Waals surface area contributed by atoms with Gasteiger partial charge in [-0.3, -0.25) is 4.79 Å². The molecule has 0 atom stereocenters. The number of carbonyl (C=O) groups is 2. The lowest BCUT2D eigenvalue weighted by molar-refractivity contribution is -0.726. The molecule has 31 heavy (non-hydrogen) atoms. The van der Waals surface area contributed by atoms with Crippen molar-refractivity contribution in [1.82, 2.24) is 0 Å². The highest BCUT2D eigenvalue weighted by Gasteiger charge is 2.12. The van der Waals surface area contributed by atoms with Crippen LogP contribution in [-0.4, -0.2) is 22.9 Å². The fourth-order valence-electron chi connectivity index (χ4n) is 3.08. The van der Waals surface area contributed by atoms with E-state index in [2.05, 4.69) is 17.4 Å². The van der Waals surface area contributed by atoms with E-state index in [-0.39, 0.29) is 11.8 Å². The zero-order chi connectivity index (χ0) is 22.3. The first-order valence-corrected chi connectivity index (χ1v) is 11.0. The van der Waals surface area contributed by atoms with Gasteiger partial charge in [-0.05, 0) is 55.5 Å². The Balaban J connectivity index is 1.57. The molecule has 0 spiro atoms. The number of unbranched alkanes of at least 4 members (excludes halogenated alkanes) is 4. The number of carbonyl (C=O) groups excluding carboxylic acids is 2. The number of anilines is 1. The summed E-state index contributed by atoms with van der Waals surface area (Å²) in [6, 6.07) is 16.7. The molecular weight excluding hydrogens is 392 g/mol. The van der Waals surface area contributed by atoms with Crippen molar-refractivity contribution in [3.8, 4) is 0 Å². The second kappa shape index (κ2) is 14.0. The number of para-hydroxylation sites is 1. The van der Waals surface area contributed by atoms with Crippen LogP contribution >= 0.6 is 0 Å². The minimum Gasteiger partial charge on any atom is -0.460 e. The molecule has 0 aliphatic heterocycles. The zero-order valence-electron chi connectivity index (χ0n) is 18.2. The Morgan fingerprint density at radius 2 is 1.58 bits per heavy atom. The molecule has 0 unspecified atom stereocenters. The summed E-state index contributed by atoms with van der Waals surface area (Å²) in [6.07, 6.45) is 7.39. The number of aryl methyl sites for hydroxylation is 1. The fourth-order valence-corrected chi connectivity index (χ4v) is 3.08. The third-order valence-corrected chi connectivity index (χ3v) is 4.90. The normalized spacial score (nSPS) is 11.2. The average molecular weight is 426 g/mol. The summed E-state index contributed by atoms with van der Waals surface area (Å²) < 4.78 is 0. The lowest BCUT2D eigenvalue weighted by atomic mass is 10.1. The summed E-state index contributed by atoms with van der Waals surface area (Å²) in [6.45, 7) is 2.14. The van der Waals surface area contributed by atoms with Gasteiger partial charge in [0, 0.05) is 17.3 Å². The van der Waals surface area contributed by atoms with Gasteiger partial charge >= 0.3 is 11.9 Å². The average Bonchev–Trinajstić information content (AvgIpc) is 2.79. The Labute approximate surface area is 184 Å². The van der Waals surface area contributed by atoms with Crippen LogP contribution in [0.2, 0.25) is 0 Å². The highest BCUT2D eigenvalue weighted by molar-refractivity contribution is 5.90. The molecule has 0 aliphatic carbocycles. The monoisotopic (exact) mass is 425 g/mol. The van der Waals surface area contributed by atoms with Gasteiger partial charge in [0.2, 0.25) is 5.91 Å². The largest absolute Gasteiger partial charge is 0.460 e. The number of aliphatic hydroxyl groups excluding tert-OH is 1. The van der Waals surface area contributed by atoms with Gasteiger partial charge in [-0.1, -0.05) is 56.5 Å². The molecule has 0 bridgehead atoms. The molecule has 0 aromatic heterocycles. The maximum absolute atomic E-state index is 12.0.